The van der Waals surface area contributed by atoms with Crippen LogP contribution in [-0.4, -0.2) is 78.8 Å². The first kappa shape index (κ1) is 28.9. The molecule has 2 unspecified atom stereocenters. The highest BCUT2D eigenvalue weighted by atomic mass is 33.2. The second kappa shape index (κ2) is 16.6. The molecule has 8 heteroatoms. The van der Waals surface area contributed by atoms with Crippen molar-refractivity contribution in [2.45, 2.75) is 55.4 Å². The van der Waals surface area contributed by atoms with E-state index < -0.39 is 20.2 Å². The molecule has 0 aliphatic heterocycles. The van der Waals surface area contributed by atoms with Crippen molar-refractivity contribution < 1.29 is 26.5 Å². The zero-order valence-electron chi connectivity index (χ0n) is 17.0. The average molecular weight is 389 g/mol. The zero-order chi connectivity index (χ0) is 19.8. The summed E-state index contributed by atoms with van der Waals surface area (Å²) in [4.78, 5) is 0. The maximum atomic E-state index is 9.09. The van der Waals surface area contributed by atoms with Crippen molar-refractivity contribution in [3.05, 3.63) is 0 Å². The summed E-state index contributed by atoms with van der Waals surface area (Å²) in [6.45, 7) is 28.4. The van der Waals surface area contributed by atoms with E-state index in [4.69, 9.17) is 17.5 Å². The van der Waals surface area contributed by atoms with Gasteiger partial charge in [-0.3, -0.25) is 8.42 Å². The normalized spacial score (nSPS) is 13.9. The number of quaternary nitrogens is 2. The highest BCUT2D eigenvalue weighted by Gasteiger charge is 2.16. The standard InChI is InChI=1S/2C8H20N.H2O4S2/c2*1-5-9(6-2,7-3)8-4;1-5(2)6(3)4/h2*5-8H2,1-4H3;(H,1,2)(H,3,4)/q2*+1;/p-2. The van der Waals surface area contributed by atoms with Crippen molar-refractivity contribution in [2.75, 3.05) is 52.4 Å². The van der Waals surface area contributed by atoms with E-state index in [0.717, 1.165) is 0 Å². The minimum absolute atomic E-state index is 1.28. The summed E-state index contributed by atoms with van der Waals surface area (Å²) >= 11 is 0. The molecule has 0 heterocycles. The minimum atomic E-state index is -2.95. The fourth-order valence-electron chi connectivity index (χ4n) is 2.68. The topological polar surface area (TPSA) is 80.3 Å². The number of hydrogen-bond acceptors (Lipinski definition) is 4. The largest absolute Gasteiger partial charge is 0.763 e. The average Bonchev–Trinajstić information content (AvgIpc) is 2.61. The van der Waals surface area contributed by atoms with Crippen LogP contribution < -0.4 is 0 Å². The quantitative estimate of drug-likeness (QED) is 0.345. The van der Waals surface area contributed by atoms with Crippen LogP contribution in [0, 0.1) is 0 Å². The Bertz CT molecular complexity index is 267. The lowest BCUT2D eigenvalue weighted by atomic mass is 10.3. The second-order valence-electron chi connectivity index (χ2n) is 5.62. The highest BCUT2D eigenvalue weighted by molar-refractivity contribution is 8.56. The lowest BCUT2D eigenvalue weighted by Crippen LogP contribution is -2.47. The van der Waals surface area contributed by atoms with Crippen molar-refractivity contribution in [3.8, 4) is 0 Å². The molecule has 0 aromatic carbocycles. The first-order chi connectivity index (χ1) is 11.1. The summed E-state index contributed by atoms with van der Waals surface area (Å²) in [5, 5.41) is 0. The van der Waals surface area contributed by atoms with Gasteiger partial charge in [-0.2, -0.15) is 0 Å². The third kappa shape index (κ3) is 12.5. The predicted octanol–water partition coefficient (Wildman–Crippen LogP) is 2.43. The van der Waals surface area contributed by atoms with E-state index in [0.29, 0.717) is 0 Å². The molecule has 0 saturated carbocycles. The first-order valence-electron chi connectivity index (χ1n) is 9.02. The Morgan fingerprint density at radius 1 is 0.500 bits per heavy atom. The monoisotopic (exact) mass is 388 g/mol. The van der Waals surface area contributed by atoms with E-state index in [-0.39, 0.29) is 0 Å². The summed E-state index contributed by atoms with van der Waals surface area (Å²) < 4.78 is 38.9. The molecule has 0 aliphatic rings. The summed E-state index contributed by atoms with van der Waals surface area (Å²) in [6, 6.07) is 0. The van der Waals surface area contributed by atoms with Crippen molar-refractivity contribution >= 4 is 20.2 Å². The van der Waals surface area contributed by atoms with Gasteiger partial charge in [0.05, 0.1) is 52.4 Å². The molecule has 0 aromatic rings. The molecule has 0 rings (SSSR count). The van der Waals surface area contributed by atoms with Crippen molar-refractivity contribution in [1.82, 2.24) is 0 Å². The summed E-state index contributed by atoms with van der Waals surface area (Å²) in [6.07, 6.45) is 0. The number of hydrogen-bond donors (Lipinski definition) is 0. The van der Waals surface area contributed by atoms with Crippen LogP contribution in [0.3, 0.4) is 0 Å². The van der Waals surface area contributed by atoms with E-state index in [1.54, 1.807) is 0 Å². The van der Waals surface area contributed by atoms with Crippen LogP contribution >= 0.6 is 0 Å². The van der Waals surface area contributed by atoms with Crippen LogP contribution in [-0.2, 0) is 20.2 Å². The molecule has 0 spiro atoms. The Morgan fingerprint density at radius 3 is 0.625 bits per heavy atom. The van der Waals surface area contributed by atoms with Crippen LogP contribution in [0.4, 0.5) is 0 Å². The van der Waals surface area contributed by atoms with E-state index in [1.807, 2.05) is 0 Å². The number of nitrogens with zero attached hydrogens (tertiary/aromatic N) is 2. The molecule has 0 N–H and O–H groups in total. The van der Waals surface area contributed by atoms with E-state index >= 15 is 0 Å². The third-order valence-corrected chi connectivity index (χ3v) is 6.37. The van der Waals surface area contributed by atoms with E-state index in [1.165, 1.54) is 61.3 Å². The molecular weight excluding hydrogens is 348 g/mol. The van der Waals surface area contributed by atoms with Gasteiger partial charge < -0.3 is 18.1 Å². The third-order valence-electron chi connectivity index (χ3n) is 5.48. The second-order valence-corrected chi connectivity index (χ2v) is 8.07. The van der Waals surface area contributed by atoms with Crippen LogP contribution in [0.1, 0.15) is 55.4 Å². The number of rotatable bonds is 9. The smallest absolute Gasteiger partial charge is 0.0757 e. The highest BCUT2D eigenvalue weighted by Crippen LogP contribution is 2.03. The lowest BCUT2D eigenvalue weighted by Gasteiger charge is -2.34. The summed E-state index contributed by atoms with van der Waals surface area (Å²) in [5.41, 5.74) is 0. The molecule has 150 valence electrons. The van der Waals surface area contributed by atoms with Gasteiger partial charge in [0.15, 0.2) is 0 Å². The molecule has 0 bridgehead atoms. The molecular formula is C16H40N2O4S2. The Kier molecular flexibility index (Phi) is 20.0. The molecule has 0 radical (unpaired) electrons. The molecule has 0 amide bonds. The van der Waals surface area contributed by atoms with Crippen LogP contribution in [0.25, 0.3) is 0 Å². The molecule has 6 nitrogen and oxygen atoms in total. The maximum Gasteiger partial charge on any atom is 0.0757 e. The Hall–Kier alpha value is 0.140. The van der Waals surface area contributed by atoms with Gasteiger partial charge in [0, 0.05) is 20.2 Å². The Balaban J connectivity index is -0.000000282. The molecule has 2 atom stereocenters. The van der Waals surface area contributed by atoms with Crippen molar-refractivity contribution in [1.29, 1.82) is 0 Å². The van der Waals surface area contributed by atoms with E-state index in [2.05, 4.69) is 55.4 Å². The van der Waals surface area contributed by atoms with Gasteiger partial charge in [-0.05, 0) is 55.4 Å². The Morgan fingerprint density at radius 2 is 0.625 bits per heavy atom. The lowest BCUT2D eigenvalue weighted by molar-refractivity contribution is -0.921. The van der Waals surface area contributed by atoms with Gasteiger partial charge in [-0.25, -0.2) is 0 Å². The van der Waals surface area contributed by atoms with Crippen LogP contribution in [0.15, 0.2) is 0 Å². The molecule has 0 fully saturated rings. The van der Waals surface area contributed by atoms with Crippen molar-refractivity contribution in [2.24, 2.45) is 0 Å². The zero-order valence-corrected chi connectivity index (χ0v) is 18.6. The molecule has 0 saturated heterocycles. The predicted molar refractivity (Wildman–Crippen MR) is 103 cm³/mol. The van der Waals surface area contributed by atoms with Crippen LogP contribution in [0.2, 0.25) is 0 Å². The van der Waals surface area contributed by atoms with Crippen LogP contribution in [0.5, 0.6) is 0 Å². The fourth-order valence-corrected chi connectivity index (χ4v) is 2.68. The van der Waals surface area contributed by atoms with Crippen molar-refractivity contribution in [3.63, 3.8) is 0 Å². The summed E-state index contributed by atoms with van der Waals surface area (Å²) in [7, 11) is -5.90. The maximum absolute atomic E-state index is 9.09. The van der Waals surface area contributed by atoms with Gasteiger partial charge >= 0.3 is 0 Å². The Labute approximate surface area is 154 Å². The molecule has 0 aromatic heterocycles. The molecule has 24 heavy (non-hydrogen) atoms. The molecule has 0 aliphatic carbocycles. The van der Waals surface area contributed by atoms with Gasteiger partial charge in [0.2, 0.25) is 0 Å². The minimum Gasteiger partial charge on any atom is -0.763 e. The first-order valence-corrected chi connectivity index (χ1v) is 11.7. The fraction of sp³-hybridized carbons (Fsp3) is 1.00. The summed E-state index contributed by atoms with van der Waals surface area (Å²) in [5.74, 6) is 0. The SMILES string of the molecule is CC[N+](CC)(CC)CC.CC[N+](CC)(CC)CC.O=S([O-])S(=O)[O-]. The van der Waals surface area contributed by atoms with Gasteiger partial charge in [0.1, 0.15) is 0 Å². The van der Waals surface area contributed by atoms with Gasteiger partial charge in [0.25, 0.3) is 0 Å². The van der Waals surface area contributed by atoms with Gasteiger partial charge in [-0.15, -0.1) is 0 Å². The van der Waals surface area contributed by atoms with E-state index in [9.17, 15) is 0 Å². The van der Waals surface area contributed by atoms with Gasteiger partial charge in [-0.1, -0.05) is 0 Å².